The van der Waals surface area contributed by atoms with Gasteiger partial charge in [-0.15, -0.1) is 0 Å². The topological polar surface area (TPSA) is 63.2 Å². The largest absolute Gasteiger partial charge is 0.268 e. The summed E-state index contributed by atoms with van der Waals surface area (Å²) in [6, 6.07) is 1.58. The molecule has 14 heavy (non-hydrogen) atoms. The Morgan fingerprint density at radius 3 is 2.57 bits per heavy atom. The molecule has 1 aromatic rings. The second-order valence-corrected chi connectivity index (χ2v) is 6.05. The molecule has 0 saturated carbocycles. The van der Waals surface area contributed by atoms with E-state index in [2.05, 4.69) is 0 Å². The summed E-state index contributed by atoms with van der Waals surface area (Å²) in [5, 5.41) is 2.72. The van der Waals surface area contributed by atoms with Crippen LogP contribution in [0.15, 0.2) is 16.8 Å². The van der Waals surface area contributed by atoms with Crippen LogP contribution in [0.2, 0.25) is 0 Å². The van der Waals surface area contributed by atoms with Crippen LogP contribution in [0.5, 0.6) is 0 Å². The maximum atomic E-state index is 11.3. The van der Waals surface area contributed by atoms with Gasteiger partial charge >= 0.3 is 0 Å². The second kappa shape index (κ2) is 4.10. The van der Waals surface area contributed by atoms with Crippen molar-refractivity contribution >= 4 is 27.3 Å². The molecule has 1 aromatic heterocycles. The Kier molecular flexibility index (Phi) is 3.28. The predicted octanol–water partition coefficient (Wildman–Crippen LogP) is 1.22. The summed E-state index contributed by atoms with van der Waals surface area (Å²) in [5.74, 6) is -0.569. The lowest BCUT2D eigenvalue weighted by atomic mass is 10.3. The van der Waals surface area contributed by atoms with Crippen molar-refractivity contribution in [2.75, 3.05) is 0 Å². The number of hydrogen-bond acceptors (Lipinski definition) is 4. The van der Waals surface area contributed by atoms with Crippen molar-refractivity contribution in [3.63, 3.8) is 0 Å². The lowest BCUT2D eigenvalue weighted by molar-refractivity contribution is 0.0981. The first kappa shape index (κ1) is 11.2. The number of sulfonamides is 1. The van der Waals surface area contributed by atoms with Crippen LogP contribution < -0.4 is 4.72 Å². The highest BCUT2D eigenvalue weighted by Crippen LogP contribution is 2.07. The van der Waals surface area contributed by atoms with Crippen LogP contribution in [0.25, 0.3) is 0 Å². The molecule has 0 aliphatic rings. The van der Waals surface area contributed by atoms with Crippen molar-refractivity contribution in [3.8, 4) is 0 Å². The number of thiophene rings is 1. The van der Waals surface area contributed by atoms with Gasteiger partial charge in [-0.05, 0) is 25.3 Å². The summed E-state index contributed by atoms with van der Waals surface area (Å²) in [5.41, 5.74) is 0.374. The quantitative estimate of drug-likeness (QED) is 0.853. The first-order valence-corrected chi connectivity index (χ1v) is 6.50. The maximum Gasteiger partial charge on any atom is 0.265 e. The third-order valence-electron chi connectivity index (χ3n) is 1.64. The third kappa shape index (κ3) is 2.55. The third-order valence-corrected chi connectivity index (χ3v) is 4.03. The Hall–Kier alpha value is -0.880. The lowest BCUT2D eigenvalue weighted by Crippen LogP contribution is -2.35. The highest BCUT2D eigenvalue weighted by Gasteiger charge is 2.19. The smallest absolute Gasteiger partial charge is 0.265 e. The van der Waals surface area contributed by atoms with Crippen molar-refractivity contribution in [3.05, 3.63) is 22.4 Å². The zero-order valence-electron chi connectivity index (χ0n) is 7.85. The van der Waals surface area contributed by atoms with E-state index in [4.69, 9.17) is 0 Å². The molecule has 0 unspecified atom stereocenters. The predicted molar refractivity (Wildman–Crippen MR) is 55.8 cm³/mol. The number of carbonyl (C=O) groups is 1. The lowest BCUT2D eigenvalue weighted by Gasteiger charge is -2.08. The van der Waals surface area contributed by atoms with Crippen LogP contribution in [-0.4, -0.2) is 19.6 Å². The van der Waals surface area contributed by atoms with Crippen molar-refractivity contribution in [1.29, 1.82) is 0 Å². The van der Waals surface area contributed by atoms with Gasteiger partial charge in [0, 0.05) is 5.38 Å². The molecule has 0 bridgehead atoms. The van der Waals surface area contributed by atoms with E-state index < -0.39 is 21.2 Å². The normalized spacial score (nSPS) is 11.6. The molecule has 0 fully saturated rings. The summed E-state index contributed by atoms with van der Waals surface area (Å²) >= 11 is 1.35. The number of amides is 1. The fourth-order valence-corrected chi connectivity index (χ4v) is 1.95. The molecule has 0 atom stereocenters. The Balaban J connectivity index is 2.77. The molecule has 78 valence electrons. The van der Waals surface area contributed by atoms with Crippen LogP contribution in [-0.2, 0) is 10.0 Å². The van der Waals surface area contributed by atoms with E-state index in [-0.39, 0.29) is 0 Å². The number of carbonyl (C=O) groups excluding carboxylic acids is 1. The molecule has 1 N–H and O–H groups in total. The van der Waals surface area contributed by atoms with Crippen molar-refractivity contribution in [1.82, 2.24) is 4.72 Å². The van der Waals surface area contributed by atoms with Gasteiger partial charge in [0.05, 0.1) is 10.8 Å². The molecule has 0 saturated heterocycles. The van der Waals surface area contributed by atoms with Crippen molar-refractivity contribution in [2.45, 2.75) is 19.1 Å². The van der Waals surface area contributed by atoms with E-state index in [1.807, 2.05) is 4.72 Å². The van der Waals surface area contributed by atoms with Crippen LogP contribution in [0.4, 0.5) is 0 Å². The second-order valence-electron chi connectivity index (χ2n) is 3.04. The number of rotatable bonds is 3. The molecule has 0 aromatic carbocycles. The summed E-state index contributed by atoms with van der Waals surface area (Å²) in [7, 11) is -3.52. The van der Waals surface area contributed by atoms with Gasteiger partial charge in [-0.2, -0.15) is 11.3 Å². The summed E-state index contributed by atoms with van der Waals surface area (Å²) < 4.78 is 24.6. The van der Waals surface area contributed by atoms with E-state index in [9.17, 15) is 13.2 Å². The van der Waals surface area contributed by atoms with Gasteiger partial charge in [-0.3, -0.25) is 4.79 Å². The van der Waals surface area contributed by atoms with E-state index in [0.717, 1.165) is 0 Å². The minimum absolute atomic E-state index is 0.374. The summed E-state index contributed by atoms with van der Waals surface area (Å²) in [4.78, 5) is 11.3. The molecule has 1 rings (SSSR count). The Bertz CT molecular complexity index is 406. The molecule has 0 aliphatic carbocycles. The molecule has 0 radical (unpaired) electrons. The van der Waals surface area contributed by atoms with Crippen LogP contribution >= 0.6 is 11.3 Å². The van der Waals surface area contributed by atoms with Gasteiger partial charge < -0.3 is 0 Å². The first-order chi connectivity index (χ1) is 6.43. The minimum atomic E-state index is -3.52. The van der Waals surface area contributed by atoms with Gasteiger partial charge in [0.2, 0.25) is 10.0 Å². The van der Waals surface area contributed by atoms with Crippen LogP contribution in [0.3, 0.4) is 0 Å². The van der Waals surface area contributed by atoms with E-state index in [0.29, 0.717) is 5.56 Å². The van der Waals surface area contributed by atoms with Gasteiger partial charge in [-0.1, -0.05) is 0 Å². The molecular weight excluding hydrogens is 222 g/mol. The van der Waals surface area contributed by atoms with Gasteiger partial charge in [0.15, 0.2) is 0 Å². The zero-order valence-corrected chi connectivity index (χ0v) is 9.48. The van der Waals surface area contributed by atoms with Crippen LogP contribution in [0.1, 0.15) is 24.2 Å². The molecule has 0 spiro atoms. The average molecular weight is 233 g/mol. The molecule has 0 aliphatic heterocycles. The molecule has 6 heteroatoms. The average Bonchev–Trinajstić information content (AvgIpc) is 2.54. The standard InChI is InChI=1S/C8H11NO3S2/c1-6(2)14(11,12)9-8(10)7-3-4-13-5-7/h3-6H,1-2H3,(H,9,10). The molecule has 1 amide bonds. The van der Waals surface area contributed by atoms with Gasteiger partial charge in [0.1, 0.15) is 0 Å². The Labute approximate surface area is 87.0 Å². The van der Waals surface area contributed by atoms with E-state index in [1.165, 1.54) is 25.2 Å². The van der Waals surface area contributed by atoms with Gasteiger partial charge in [0.25, 0.3) is 5.91 Å². The highest BCUT2D eigenvalue weighted by atomic mass is 32.2. The van der Waals surface area contributed by atoms with Crippen molar-refractivity contribution < 1.29 is 13.2 Å². The monoisotopic (exact) mass is 233 g/mol. The first-order valence-electron chi connectivity index (χ1n) is 4.01. The van der Waals surface area contributed by atoms with Crippen LogP contribution in [0, 0.1) is 0 Å². The van der Waals surface area contributed by atoms with Crippen molar-refractivity contribution in [2.24, 2.45) is 0 Å². The highest BCUT2D eigenvalue weighted by molar-refractivity contribution is 7.90. The van der Waals surface area contributed by atoms with Gasteiger partial charge in [-0.25, -0.2) is 13.1 Å². The molecule has 4 nitrogen and oxygen atoms in total. The van der Waals surface area contributed by atoms with E-state index in [1.54, 1.807) is 16.8 Å². The Morgan fingerprint density at radius 1 is 1.50 bits per heavy atom. The summed E-state index contributed by atoms with van der Waals surface area (Å²) in [6.45, 7) is 3.03. The number of nitrogens with one attached hydrogen (secondary N) is 1. The zero-order chi connectivity index (χ0) is 10.8. The maximum absolute atomic E-state index is 11.3. The molecule has 1 heterocycles. The summed E-state index contributed by atoms with van der Waals surface area (Å²) in [6.07, 6.45) is 0. The number of hydrogen-bond donors (Lipinski definition) is 1. The SMILES string of the molecule is CC(C)S(=O)(=O)NC(=O)c1ccsc1. The molecular formula is C8H11NO3S2. The Morgan fingerprint density at radius 2 is 2.14 bits per heavy atom. The fraction of sp³-hybridized carbons (Fsp3) is 0.375. The minimum Gasteiger partial charge on any atom is -0.268 e. The van der Waals surface area contributed by atoms with E-state index >= 15 is 0 Å². The fourth-order valence-electron chi connectivity index (χ4n) is 0.700.